The molecule has 0 saturated carbocycles. The van der Waals surface area contributed by atoms with Crippen LogP contribution in [0, 0.1) is 19.7 Å². The molecule has 0 fully saturated rings. The number of amides is 1. The van der Waals surface area contributed by atoms with Gasteiger partial charge < -0.3 is 15.2 Å². The molecule has 8 nitrogen and oxygen atoms in total. The lowest BCUT2D eigenvalue weighted by molar-refractivity contribution is -0.139. The number of aryl methyl sites for hydroxylation is 2. The van der Waals surface area contributed by atoms with E-state index in [0.717, 1.165) is 81.5 Å². The molecule has 12 heteroatoms. The van der Waals surface area contributed by atoms with Crippen LogP contribution in [0.1, 0.15) is 57.5 Å². The quantitative estimate of drug-likeness (QED) is 0.114. The summed E-state index contributed by atoms with van der Waals surface area (Å²) in [4.78, 5) is 18.6. The fraction of sp³-hybridized carbons (Fsp3) is 0.333. The van der Waals surface area contributed by atoms with E-state index in [2.05, 4.69) is 69.9 Å². The Balaban J connectivity index is 1.20. The van der Waals surface area contributed by atoms with Crippen LogP contribution in [0.3, 0.4) is 0 Å². The average molecular weight is 660 g/mol. The molecule has 250 valence electrons. The summed E-state index contributed by atoms with van der Waals surface area (Å²) < 4.78 is 55.6. The van der Waals surface area contributed by atoms with Gasteiger partial charge in [0.15, 0.2) is 0 Å². The fourth-order valence-electron chi connectivity index (χ4n) is 6.65. The summed E-state index contributed by atoms with van der Waals surface area (Å²) in [5, 5.41) is 17.7. The number of alkyl halides is 3. The second-order valence-corrected chi connectivity index (χ2v) is 12.5. The van der Waals surface area contributed by atoms with Gasteiger partial charge in [0, 0.05) is 48.6 Å². The summed E-state index contributed by atoms with van der Waals surface area (Å²) in [7, 11) is 0. The third kappa shape index (κ3) is 7.18. The van der Waals surface area contributed by atoms with E-state index < -0.39 is 35.4 Å². The van der Waals surface area contributed by atoms with Gasteiger partial charge >= 0.3 is 6.18 Å². The molecule has 1 amide bonds. The molecular weight excluding hydrogens is 622 g/mol. The van der Waals surface area contributed by atoms with Crippen LogP contribution < -0.4 is 5.32 Å². The molecule has 0 bridgehead atoms. The Morgan fingerprint density at radius 2 is 1.79 bits per heavy atom. The molecule has 3 N–H and O–H groups in total. The molecular formula is C36H37F4N7O. The van der Waals surface area contributed by atoms with Gasteiger partial charge in [-0.15, -0.1) is 10.2 Å². The number of nitrogens with zero attached hydrogens (tertiary/aromatic N) is 4. The molecule has 6 rings (SSSR count). The van der Waals surface area contributed by atoms with Gasteiger partial charge in [-0.3, -0.25) is 4.79 Å². The first-order valence-electron chi connectivity index (χ1n) is 16.0. The number of rotatable bonds is 10. The Hall–Kier alpha value is -4.84. The van der Waals surface area contributed by atoms with Crippen LogP contribution in [-0.2, 0) is 36.8 Å². The van der Waals surface area contributed by atoms with Crippen molar-refractivity contribution in [2.45, 2.75) is 58.7 Å². The maximum absolute atomic E-state index is 14.6. The van der Waals surface area contributed by atoms with Crippen molar-refractivity contribution in [3.8, 4) is 22.6 Å². The minimum Gasteiger partial charge on any atom is -0.358 e. The van der Waals surface area contributed by atoms with Crippen molar-refractivity contribution in [2.75, 3.05) is 19.6 Å². The normalized spacial score (nSPS) is 13.9. The van der Waals surface area contributed by atoms with Crippen LogP contribution in [0.2, 0.25) is 0 Å². The maximum Gasteiger partial charge on any atom is 0.416 e. The van der Waals surface area contributed by atoms with E-state index in [4.69, 9.17) is 0 Å². The number of benzene rings is 3. The Morgan fingerprint density at radius 1 is 1.04 bits per heavy atom. The first kappa shape index (κ1) is 33.1. The van der Waals surface area contributed by atoms with E-state index in [9.17, 15) is 22.4 Å². The number of nitrogens with one attached hydrogen (secondary N) is 3. The lowest BCUT2D eigenvalue weighted by Gasteiger charge is -2.29. The van der Waals surface area contributed by atoms with Crippen molar-refractivity contribution in [3.05, 3.63) is 111 Å². The number of aromatic amines is 2. The van der Waals surface area contributed by atoms with Crippen LogP contribution in [-0.4, -0.2) is 56.0 Å². The molecule has 1 aliphatic heterocycles. The molecule has 0 saturated heterocycles. The largest absolute Gasteiger partial charge is 0.416 e. The summed E-state index contributed by atoms with van der Waals surface area (Å²) in [6.07, 6.45) is -4.09. The predicted octanol–water partition coefficient (Wildman–Crippen LogP) is 6.70. The Labute approximate surface area is 276 Å². The van der Waals surface area contributed by atoms with E-state index in [1.54, 1.807) is 4.90 Å². The third-order valence-corrected chi connectivity index (χ3v) is 8.92. The average Bonchev–Trinajstić information content (AvgIpc) is 3.72. The molecule has 1 aliphatic rings. The standard InChI is InChI=1S/C36H37F4N7O/c1-21-15-22(2)17-26(16-21)34-33(23(3)19-41-13-11-24-7-9-25(10-8-24)35-43-45-46-44-35)28-20-47(14-12-31(28)42-34)32(48)18-27-29(36(38,39)40)5-4-6-30(27)37/h4-10,15-17,23,41-42H,11-14,18-20H2,1-3H3,(H,43,44,45,46)/t23-/m1/s1. The number of carbonyl (C=O) groups is 1. The highest BCUT2D eigenvalue weighted by Crippen LogP contribution is 2.38. The molecule has 0 unspecified atom stereocenters. The molecule has 0 radical (unpaired) electrons. The molecule has 5 aromatic rings. The highest BCUT2D eigenvalue weighted by atomic mass is 19.4. The number of hydrogen-bond acceptors (Lipinski definition) is 5. The van der Waals surface area contributed by atoms with Gasteiger partial charge in [-0.05, 0) is 84.5 Å². The Bertz CT molecular complexity index is 1880. The van der Waals surface area contributed by atoms with Crippen molar-refractivity contribution >= 4 is 5.91 Å². The highest BCUT2D eigenvalue weighted by molar-refractivity contribution is 5.80. The van der Waals surface area contributed by atoms with Gasteiger partial charge in [0.2, 0.25) is 11.7 Å². The molecule has 3 heterocycles. The van der Waals surface area contributed by atoms with Gasteiger partial charge in [-0.1, -0.05) is 54.4 Å². The molecule has 0 spiro atoms. The number of halogens is 4. The van der Waals surface area contributed by atoms with Crippen molar-refractivity contribution in [2.24, 2.45) is 0 Å². The van der Waals surface area contributed by atoms with Crippen molar-refractivity contribution in [3.63, 3.8) is 0 Å². The molecule has 2 aromatic heterocycles. The summed E-state index contributed by atoms with van der Waals surface area (Å²) in [6, 6.07) is 17.2. The summed E-state index contributed by atoms with van der Waals surface area (Å²) in [5.74, 6) is -0.980. The van der Waals surface area contributed by atoms with Crippen molar-refractivity contribution in [1.82, 2.24) is 35.8 Å². The van der Waals surface area contributed by atoms with Crippen molar-refractivity contribution in [1.29, 1.82) is 0 Å². The zero-order valence-corrected chi connectivity index (χ0v) is 27.0. The van der Waals surface area contributed by atoms with Gasteiger partial charge in [-0.25, -0.2) is 4.39 Å². The topological polar surface area (TPSA) is 103 Å². The SMILES string of the molecule is Cc1cc(C)cc(-c2[nH]c3c(c2[C@H](C)CNCCc2ccc(-c4nn[nH]n4)cc2)CN(C(=O)Cc2c(F)cccc2C(F)(F)F)CC3)c1. The summed E-state index contributed by atoms with van der Waals surface area (Å²) >= 11 is 0. The van der Waals surface area contributed by atoms with Crippen LogP contribution in [0.25, 0.3) is 22.6 Å². The first-order chi connectivity index (χ1) is 23.0. The Morgan fingerprint density at radius 3 is 2.48 bits per heavy atom. The number of hydrogen-bond donors (Lipinski definition) is 3. The molecule has 0 aliphatic carbocycles. The zero-order valence-electron chi connectivity index (χ0n) is 27.0. The lowest BCUT2D eigenvalue weighted by atomic mass is 9.90. The number of tetrazole rings is 1. The smallest absolute Gasteiger partial charge is 0.358 e. The van der Waals surface area contributed by atoms with Crippen molar-refractivity contribution < 1.29 is 22.4 Å². The van der Waals surface area contributed by atoms with Crippen LogP contribution in [0.5, 0.6) is 0 Å². The van der Waals surface area contributed by atoms with E-state index in [1.807, 2.05) is 24.3 Å². The van der Waals surface area contributed by atoms with E-state index >= 15 is 0 Å². The molecule has 1 atom stereocenters. The first-order valence-corrected chi connectivity index (χ1v) is 16.0. The molecule has 48 heavy (non-hydrogen) atoms. The minimum absolute atomic E-state index is 0.0416. The lowest BCUT2D eigenvalue weighted by Crippen LogP contribution is -2.37. The van der Waals surface area contributed by atoms with Crippen LogP contribution in [0.15, 0.2) is 60.7 Å². The predicted molar refractivity (Wildman–Crippen MR) is 175 cm³/mol. The maximum atomic E-state index is 14.6. The van der Waals surface area contributed by atoms with E-state index in [-0.39, 0.29) is 12.5 Å². The van der Waals surface area contributed by atoms with Crippen LogP contribution >= 0.6 is 0 Å². The van der Waals surface area contributed by atoms with Gasteiger partial charge in [0.25, 0.3) is 0 Å². The molecule has 3 aromatic carbocycles. The van der Waals surface area contributed by atoms with E-state index in [0.29, 0.717) is 25.3 Å². The van der Waals surface area contributed by atoms with Gasteiger partial charge in [0.05, 0.1) is 12.0 Å². The summed E-state index contributed by atoms with van der Waals surface area (Å²) in [5.41, 5.74) is 7.66. The number of fused-ring (bicyclic) bond motifs is 1. The van der Waals surface area contributed by atoms with Gasteiger partial charge in [0.1, 0.15) is 5.82 Å². The monoisotopic (exact) mass is 659 g/mol. The number of aromatic nitrogens is 5. The second-order valence-electron chi connectivity index (χ2n) is 12.5. The highest BCUT2D eigenvalue weighted by Gasteiger charge is 2.36. The summed E-state index contributed by atoms with van der Waals surface area (Å²) in [6.45, 7) is 8.21. The Kier molecular flexibility index (Phi) is 9.45. The number of carbonyl (C=O) groups excluding carboxylic acids is 1. The van der Waals surface area contributed by atoms with Gasteiger partial charge in [-0.2, -0.15) is 18.4 Å². The fourth-order valence-corrected chi connectivity index (χ4v) is 6.65. The minimum atomic E-state index is -4.76. The number of H-pyrrole nitrogens is 2. The van der Waals surface area contributed by atoms with Crippen LogP contribution in [0.4, 0.5) is 17.6 Å². The second kappa shape index (κ2) is 13.7. The van der Waals surface area contributed by atoms with E-state index in [1.165, 1.54) is 0 Å². The zero-order chi connectivity index (χ0) is 34.0. The third-order valence-electron chi connectivity index (χ3n) is 8.92.